The average molecular weight is 473 g/mol. The van der Waals surface area contributed by atoms with E-state index < -0.39 is 16.1 Å². The van der Waals surface area contributed by atoms with Crippen LogP contribution in [0.5, 0.6) is 5.75 Å². The Balaban J connectivity index is 1.74. The normalized spacial score (nSPS) is 23.9. The topological polar surface area (TPSA) is 70.1 Å². The predicted molar refractivity (Wildman–Crippen MR) is 131 cm³/mol. The summed E-state index contributed by atoms with van der Waals surface area (Å²) in [5.74, 6) is 1.12. The maximum atomic E-state index is 13.6. The van der Waals surface area contributed by atoms with Gasteiger partial charge in [-0.25, -0.2) is 8.42 Å². The number of hydrogen-bond acceptors (Lipinski definition) is 5. The highest BCUT2D eigenvalue weighted by atomic mass is 32.2. The van der Waals surface area contributed by atoms with Gasteiger partial charge in [-0.05, 0) is 62.9 Å². The lowest BCUT2D eigenvalue weighted by Gasteiger charge is -2.37. The molecule has 1 heterocycles. The van der Waals surface area contributed by atoms with Crippen LogP contribution >= 0.6 is 0 Å². The minimum absolute atomic E-state index is 0.0355. The quantitative estimate of drug-likeness (QED) is 0.664. The van der Waals surface area contributed by atoms with Crippen LogP contribution in [0.2, 0.25) is 0 Å². The van der Waals surface area contributed by atoms with Crippen LogP contribution in [0, 0.1) is 18.8 Å². The summed E-state index contributed by atoms with van der Waals surface area (Å²) in [6.45, 7) is 7.69. The van der Waals surface area contributed by atoms with Crippen molar-refractivity contribution in [1.29, 1.82) is 0 Å². The molecule has 1 fully saturated rings. The number of aliphatic hydroxyl groups excluding tert-OH is 1. The van der Waals surface area contributed by atoms with E-state index in [-0.39, 0.29) is 23.5 Å². The number of nitrogens with zero attached hydrogens (tertiary/aromatic N) is 2. The summed E-state index contributed by atoms with van der Waals surface area (Å²) in [5.41, 5.74) is 3.11. The minimum atomic E-state index is -3.82. The predicted octanol–water partition coefficient (Wildman–Crippen LogP) is 3.77. The molecule has 1 saturated carbocycles. The Morgan fingerprint density at radius 3 is 2.42 bits per heavy atom. The zero-order valence-electron chi connectivity index (χ0n) is 20.1. The van der Waals surface area contributed by atoms with Gasteiger partial charge >= 0.3 is 0 Å². The molecule has 0 unspecified atom stereocenters. The largest absolute Gasteiger partial charge is 0.487 e. The lowest BCUT2D eigenvalue weighted by atomic mass is 10.0. The van der Waals surface area contributed by atoms with Crippen molar-refractivity contribution < 1.29 is 18.3 Å². The van der Waals surface area contributed by atoms with Crippen molar-refractivity contribution in [1.82, 2.24) is 9.21 Å². The van der Waals surface area contributed by atoms with E-state index in [0.717, 1.165) is 30.1 Å². The fourth-order valence-corrected chi connectivity index (χ4v) is 6.32. The van der Waals surface area contributed by atoms with Gasteiger partial charge in [-0.3, -0.25) is 0 Å². The van der Waals surface area contributed by atoms with Crippen molar-refractivity contribution in [3.05, 3.63) is 48.0 Å². The summed E-state index contributed by atoms with van der Waals surface area (Å²) < 4.78 is 35.2. The van der Waals surface area contributed by atoms with Crippen LogP contribution in [0.15, 0.2) is 47.4 Å². The van der Waals surface area contributed by atoms with Gasteiger partial charge in [0.25, 0.3) is 0 Å². The molecular weight excluding hydrogens is 436 g/mol. The molecule has 0 spiro atoms. The number of rotatable bonds is 7. The second-order valence-electron chi connectivity index (χ2n) is 9.93. The van der Waals surface area contributed by atoms with Crippen molar-refractivity contribution in [2.24, 2.45) is 11.8 Å². The first-order chi connectivity index (χ1) is 15.7. The molecular formula is C26H36N2O4S. The second-order valence-corrected chi connectivity index (χ2v) is 11.8. The molecule has 2 aliphatic rings. The average Bonchev–Trinajstić information content (AvgIpc) is 3.59. The summed E-state index contributed by atoms with van der Waals surface area (Å²) in [7, 11) is -1.71. The third kappa shape index (κ3) is 5.43. The van der Waals surface area contributed by atoms with Gasteiger partial charge in [0.2, 0.25) is 10.0 Å². The van der Waals surface area contributed by atoms with Gasteiger partial charge in [0.05, 0.1) is 6.61 Å². The van der Waals surface area contributed by atoms with Crippen LogP contribution in [-0.4, -0.2) is 68.2 Å². The van der Waals surface area contributed by atoms with E-state index in [2.05, 4.69) is 11.9 Å². The van der Waals surface area contributed by atoms with E-state index in [0.29, 0.717) is 12.3 Å². The molecule has 1 aliphatic heterocycles. The highest BCUT2D eigenvalue weighted by molar-refractivity contribution is 7.89. The summed E-state index contributed by atoms with van der Waals surface area (Å²) in [4.78, 5) is 2.47. The van der Waals surface area contributed by atoms with Gasteiger partial charge in [0.1, 0.15) is 16.7 Å². The number of hydrogen-bond donors (Lipinski definition) is 1. The summed E-state index contributed by atoms with van der Waals surface area (Å²) in [6, 6.07) is 13.0. The highest BCUT2D eigenvalue weighted by Crippen LogP contribution is 2.37. The van der Waals surface area contributed by atoms with Crippen molar-refractivity contribution in [3.8, 4) is 16.9 Å². The van der Waals surface area contributed by atoms with Gasteiger partial charge in [-0.15, -0.1) is 0 Å². The lowest BCUT2D eigenvalue weighted by Crippen LogP contribution is -2.49. The van der Waals surface area contributed by atoms with Crippen LogP contribution in [0.4, 0.5) is 0 Å². The first kappa shape index (κ1) is 24.2. The summed E-state index contributed by atoms with van der Waals surface area (Å²) >= 11 is 0. The molecule has 0 aromatic heterocycles. The van der Waals surface area contributed by atoms with E-state index in [4.69, 9.17) is 4.74 Å². The summed E-state index contributed by atoms with van der Waals surface area (Å²) in [6.07, 6.45) is 2.41. The van der Waals surface area contributed by atoms with Crippen molar-refractivity contribution in [3.63, 3.8) is 0 Å². The van der Waals surface area contributed by atoms with Crippen LogP contribution in [-0.2, 0) is 10.0 Å². The zero-order chi connectivity index (χ0) is 23.8. The van der Waals surface area contributed by atoms with Crippen LogP contribution in [0.1, 0.15) is 32.3 Å². The number of sulfonamides is 1. The Bertz CT molecular complexity index is 1070. The zero-order valence-corrected chi connectivity index (χ0v) is 20.9. The first-order valence-corrected chi connectivity index (χ1v) is 13.3. The number of ether oxygens (including phenoxy) is 1. The van der Waals surface area contributed by atoms with Gasteiger partial charge in [-0.1, -0.05) is 42.8 Å². The third-order valence-corrected chi connectivity index (χ3v) is 8.83. The number of likely N-dealkylation sites (N-methyl/N-ethyl adjacent to an activating group) is 1. The molecule has 4 rings (SSSR count). The smallest absolute Gasteiger partial charge is 0.247 e. The van der Waals surface area contributed by atoms with Crippen molar-refractivity contribution in [2.75, 3.05) is 33.3 Å². The van der Waals surface area contributed by atoms with Crippen molar-refractivity contribution >= 4 is 10.0 Å². The molecule has 1 N–H and O–H groups in total. The fraction of sp³-hybridized carbons (Fsp3) is 0.538. The molecule has 180 valence electrons. The van der Waals surface area contributed by atoms with E-state index in [9.17, 15) is 13.5 Å². The third-order valence-electron chi connectivity index (χ3n) is 6.81. The van der Waals surface area contributed by atoms with E-state index >= 15 is 0 Å². The Morgan fingerprint density at radius 1 is 1.12 bits per heavy atom. The Morgan fingerprint density at radius 2 is 1.79 bits per heavy atom. The molecule has 6 nitrogen and oxygen atoms in total. The molecule has 2 aromatic rings. The lowest BCUT2D eigenvalue weighted by molar-refractivity contribution is 0.0741. The first-order valence-electron chi connectivity index (χ1n) is 11.9. The molecule has 1 aliphatic carbocycles. The number of aliphatic hydroxyl groups is 1. The van der Waals surface area contributed by atoms with Crippen molar-refractivity contribution in [2.45, 2.75) is 50.7 Å². The highest BCUT2D eigenvalue weighted by Gasteiger charge is 2.38. The molecule has 33 heavy (non-hydrogen) atoms. The number of benzene rings is 2. The number of aryl methyl sites for hydroxylation is 1. The maximum absolute atomic E-state index is 13.6. The Hall–Kier alpha value is -1.93. The number of fused-ring (bicyclic) bond motifs is 1. The molecule has 3 atom stereocenters. The Labute approximate surface area is 198 Å². The molecule has 0 bridgehead atoms. The summed E-state index contributed by atoms with van der Waals surface area (Å²) in [5, 5.41) is 9.80. The molecule has 7 heteroatoms. The standard InChI is InChI=1S/C26H36N2O4S/c1-18-5-9-22(10-6-18)23-11-12-26-24(13-23)32-25(16-27(4)15-21-7-8-21)19(2)14-28(20(3)17-29)33(26,30)31/h5-6,9-13,19-21,25,29H,7-8,14-17H2,1-4H3/t19-,20-,25-/m1/s1. The fourth-order valence-electron chi connectivity index (χ4n) is 4.49. The van der Waals surface area contributed by atoms with Crippen LogP contribution in [0.3, 0.4) is 0 Å². The van der Waals surface area contributed by atoms with Gasteiger partial charge in [0.15, 0.2) is 0 Å². The molecule has 0 saturated heterocycles. The van der Waals surface area contributed by atoms with Gasteiger partial charge in [-0.2, -0.15) is 4.31 Å². The SMILES string of the molecule is Cc1ccc(-c2ccc3c(c2)O[C@H](CN(C)CC2CC2)[C@H](C)CN([C@H](C)CO)S3(=O)=O)cc1. The minimum Gasteiger partial charge on any atom is -0.487 e. The van der Waals surface area contributed by atoms with E-state index in [1.807, 2.05) is 50.2 Å². The van der Waals surface area contributed by atoms with Gasteiger partial charge in [0, 0.05) is 31.6 Å². The van der Waals surface area contributed by atoms with E-state index in [1.54, 1.807) is 13.0 Å². The Kier molecular flexibility index (Phi) is 7.15. The van der Waals surface area contributed by atoms with Crippen LogP contribution < -0.4 is 4.74 Å². The molecule has 0 radical (unpaired) electrons. The molecule has 2 aromatic carbocycles. The van der Waals surface area contributed by atoms with E-state index in [1.165, 1.54) is 22.7 Å². The monoisotopic (exact) mass is 472 g/mol. The van der Waals surface area contributed by atoms with Gasteiger partial charge < -0.3 is 14.7 Å². The second kappa shape index (κ2) is 9.74. The maximum Gasteiger partial charge on any atom is 0.247 e. The van der Waals surface area contributed by atoms with Crippen LogP contribution in [0.25, 0.3) is 11.1 Å². The molecule has 0 amide bonds.